The quantitative estimate of drug-likeness (QED) is 0.873. The molecule has 1 unspecified atom stereocenters. The number of ether oxygens (including phenoxy) is 1. The molecule has 3 rings (SSSR count). The van der Waals surface area contributed by atoms with E-state index in [4.69, 9.17) is 27.8 Å². The van der Waals surface area contributed by atoms with Crippen LogP contribution in [-0.2, 0) is 11.3 Å². The molecule has 2 aromatic rings. The highest BCUT2D eigenvalue weighted by atomic mass is 35.5. The van der Waals surface area contributed by atoms with E-state index >= 15 is 0 Å². The van der Waals surface area contributed by atoms with Crippen molar-refractivity contribution in [1.29, 1.82) is 0 Å². The van der Waals surface area contributed by atoms with Crippen molar-refractivity contribution in [3.8, 4) is 0 Å². The second-order valence-electron chi connectivity index (χ2n) is 6.37. The first-order valence-corrected chi connectivity index (χ1v) is 8.82. The van der Waals surface area contributed by atoms with Crippen molar-refractivity contribution >= 4 is 23.4 Å². The highest BCUT2D eigenvalue weighted by Crippen LogP contribution is 2.34. The van der Waals surface area contributed by atoms with Crippen LogP contribution in [-0.4, -0.2) is 29.7 Å². The highest BCUT2D eigenvalue weighted by molar-refractivity contribution is 6.31. The molecule has 1 atom stereocenters. The Hall–Kier alpha value is -1.89. The Bertz CT molecular complexity index is 747. The third-order valence-corrected chi connectivity index (χ3v) is 4.85. The second-order valence-corrected chi connectivity index (χ2v) is 6.77. The highest BCUT2D eigenvalue weighted by Gasteiger charge is 2.27. The van der Waals surface area contributed by atoms with Crippen LogP contribution in [0.25, 0.3) is 0 Å². The average Bonchev–Trinajstić information content (AvgIpc) is 2.80. The van der Waals surface area contributed by atoms with E-state index in [9.17, 15) is 0 Å². The van der Waals surface area contributed by atoms with Crippen LogP contribution in [0.3, 0.4) is 0 Å². The van der Waals surface area contributed by atoms with Gasteiger partial charge in [-0.15, -0.1) is 0 Å². The largest absolute Gasteiger partial charge is 0.379 e. The fourth-order valence-corrected chi connectivity index (χ4v) is 3.59. The molecule has 7 heteroatoms. The topological polar surface area (TPSA) is 90.3 Å². The molecule has 0 radical (unpaired) electrons. The van der Waals surface area contributed by atoms with Crippen LogP contribution in [0.15, 0.2) is 18.2 Å². The van der Waals surface area contributed by atoms with Crippen molar-refractivity contribution in [1.82, 2.24) is 9.97 Å². The predicted molar refractivity (Wildman–Crippen MR) is 101 cm³/mol. The summed E-state index contributed by atoms with van der Waals surface area (Å²) in [6.07, 6.45) is 0.909. The molecular formula is C18H24ClN5O. The first kappa shape index (κ1) is 17.9. The first-order valence-electron chi connectivity index (χ1n) is 8.44. The fourth-order valence-electron chi connectivity index (χ4n) is 3.24. The van der Waals surface area contributed by atoms with Crippen LogP contribution in [0.4, 0.5) is 11.8 Å². The number of benzene rings is 1. The lowest BCUT2D eigenvalue weighted by molar-refractivity contribution is 0.134. The minimum Gasteiger partial charge on any atom is -0.379 e. The number of hydrogen-bond donors (Lipinski definition) is 2. The zero-order valence-electron chi connectivity index (χ0n) is 14.6. The zero-order valence-corrected chi connectivity index (χ0v) is 15.4. The Morgan fingerprint density at radius 2 is 2.08 bits per heavy atom. The monoisotopic (exact) mass is 361 g/mol. The van der Waals surface area contributed by atoms with E-state index in [2.05, 4.69) is 20.9 Å². The number of rotatable bonds is 3. The molecule has 1 aromatic heterocycles. The molecule has 134 valence electrons. The van der Waals surface area contributed by atoms with Gasteiger partial charge in [-0.05, 0) is 43.0 Å². The van der Waals surface area contributed by atoms with Gasteiger partial charge in [0.2, 0.25) is 5.95 Å². The average molecular weight is 362 g/mol. The number of nitrogens with zero attached hydrogens (tertiary/aromatic N) is 3. The van der Waals surface area contributed by atoms with Gasteiger partial charge in [-0.3, -0.25) is 0 Å². The Labute approximate surface area is 153 Å². The van der Waals surface area contributed by atoms with Gasteiger partial charge < -0.3 is 21.1 Å². The van der Waals surface area contributed by atoms with Crippen molar-refractivity contribution in [3.05, 3.63) is 45.6 Å². The molecule has 2 heterocycles. The summed E-state index contributed by atoms with van der Waals surface area (Å²) in [7, 11) is 0. The third kappa shape index (κ3) is 3.86. The predicted octanol–water partition coefficient (Wildman–Crippen LogP) is 2.76. The maximum absolute atomic E-state index is 6.58. The second kappa shape index (κ2) is 7.56. The molecule has 25 heavy (non-hydrogen) atoms. The molecule has 1 aromatic carbocycles. The Kier molecular flexibility index (Phi) is 5.42. The molecule has 0 saturated carbocycles. The van der Waals surface area contributed by atoms with E-state index in [0.717, 1.165) is 41.2 Å². The molecule has 4 N–H and O–H groups in total. The maximum Gasteiger partial charge on any atom is 0.222 e. The summed E-state index contributed by atoms with van der Waals surface area (Å²) >= 11 is 6.58. The molecule has 1 aliphatic rings. The third-order valence-electron chi connectivity index (χ3n) is 4.53. The van der Waals surface area contributed by atoms with Gasteiger partial charge in [-0.25, -0.2) is 4.98 Å². The first-order chi connectivity index (χ1) is 12.0. The van der Waals surface area contributed by atoms with Crippen LogP contribution < -0.4 is 16.4 Å². The molecule has 0 spiro atoms. The summed E-state index contributed by atoms with van der Waals surface area (Å²) in [5, 5.41) is 0.717. The minimum atomic E-state index is -0.0467. The van der Waals surface area contributed by atoms with Crippen molar-refractivity contribution in [2.45, 2.75) is 32.9 Å². The van der Waals surface area contributed by atoms with Gasteiger partial charge in [0.25, 0.3) is 0 Å². The van der Waals surface area contributed by atoms with Crippen LogP contribution in [0.1, 0.15) is 34.8 Å². The summed E-state index contributed by atoms with van der Waals surface area (Å²) in [5.74, 6) is 1.07. The Morgan fingerprint density at radius 3 is 2.80 bits per heavy atom. The summed E-state index contributed by atoms with van der Waals surface area (Å²) < 4.78 is 5.83. The number of anilines is 2. The van der Waals surface area contributed by atoms with E-state index in [-0.39, 0.29) is 12.0 Å². The summed E-state index contributed by atoms with van der Waals surface area (Å²) in [6.45, 7) is 6.46. The molecule has 0 aliphatic carbocycles. The van der Waals surface area contributed by atoms with E-state index in [0.29, 0.717) is 24.8 Å². The van der Waals surface area contributed by atoms with Gasteiger partial charge in [0, 0.05) is 36.5 Å². The van der Waals surface area contributed by atoms with Crippen LogP contribution in [0, 0.1) is 13.8 Å². The van der Waals surface area contributed by atoms with Gasteiger partial charge in [0.1, 0.15) is 5.82 Å². The lowest BCUT2D eigenvalue weighted by Crippen LogP contribution is -2.32. The maximum atomic E-state index is 6.58. The zero-order chi connectivity index (χ0) is 18.0. The number of nitrogen functional groups attached to an aromatic ring is 1. The number of halogens is 1. The van der Waals surface area contributed by atoms with Gasteiger partial charge >= 0.3 is 0 Å². The molecular weight excluding hydrogens is 338 g/mol. The molecule has 1 saturated heterocycles. The number of hydrogen-bond acceptors (Lipinski definition) is 6. The lowest BCUT2D eigenvalue weighted by atomic mass is 9.99. The van der Waals surface area contributed by atoms with E-state index < -0.39 is 0 Å². The van der Waals surface area contributed by atoms with Crippen LogP contribution >= 0.6 is 11.6 Å². The Morgan fingerprint density at radius 1 is 1.28 bits per heavy atom. The van der Waals surface area contributed by atoms with Crippen LogP contribution in [0.5, 0.6) is 0 Å². The van der Waals surface area contributed by atoms with Crippen LogP contribution in [0.2, 0.25) is 5.02 Å². The normalized spacial score (nSPS) is 18.2. The minimum absolute atomic E-state index is 0.0467. The van der Waals surface area contributed by atoms with Crippen molar-refractivity contribution in [2.24, 2.45) is 5.73 Å². The van der Waals surface area contributed by atoms with Crippen molar-refractivity contribution in [2.75, 3.05) is 30.4 Å². The fraction of sp³-hybridized carbons (Fsp3) is 0.444. The van der Waals surface area contributed by atoms with Crippen molar-refractivity contribution in [3.63, 3.8) is 0 Å². The molecule has 1 aliphatic heterocycles. The van der Waals surface area contributed by atoms with E-state index in [1.807, 2.05) is 26.0 Å². The molecule has 1 fully saturated rings. The smallest absolute Gasteiger partial charge is 0.222 e. The van der Waals surface area contributed by atoms with Gasteiger partial charge in [-0.2, -0.15) is 4.98 Å². The van der Waals surface area contributed by atoms with Gasteiger partial charge in [-0.1, -0.05) is 17.7 Å². The number of aryl methyl sites for hydroxylation is 2. The summed E-state index contributed by atoms with van der Waals surface area (Å²) in [6, 6.07) is 5.96. The summed E-state index contributed by atoms with van der Waals surface area (Å²) in [5.41, 5.74) is 15.8. The summed E-state index contributed by atoms with van der Waals surface area (Å²) in [4.78, 5) is 10.8. The van der Waals surface area contributed by atoms with Gasteiger partial charge in [0.05, 0.1) is 12.6 Å². The Balaban J connectivity index is 2.07. The number of nitrogens with two attached hydrogens (primary N) is 2. The van der Waals surface area contributed by atoms with Gasteiger partial charge in [0.15, 0.2) is 0 Å². The number of aromatic nitrogens is 2. The van der Waals surface area contributed by atoms with Crippen molar-refractivity contribution < 1.29 is 4.74 Å². The standard InChI is InChI=1S/C18H24ClN5O/c1-11-6-15(19)14(8-13(11)9-20)16-10-25-5-3-4-24(16)17-7-12(2)22-18(21)23-17/h6-8,16H,3-5,9-10,20H2,1-2H3,(H2,21,22,23). The van der Waals surface area contributed by atoms with E-state index in [1.54, 1.807) is 0 Å². The SMILES string of the molecule is Cc1cc(N2CCCOCC2c2cc(CN)c(C)cc2Cl)nc(N)n1. The molecule has 0 bridgehead atoms. The lowest BCUT2D eigenvalue weighted by Gasteiger charge is -2.32. The molecule has 0 amide bonds. The van der Waals surface area contributed by atoms with E-state index in [1.165, 1.54) is 0 Å². The molecule has 6 nitrogen and oxygen atoms in total.